The van der Waals surface area contributed by atoms with Crippen LogP contribution in [0.5, 0.6) is 5.75 Å². The molecule has 0 aliphatic rings. The van der Waals surface area contributed by atoms with Crippen LogP contribution < -0.4 is 10.7 Å². The standard InChI is InChI=1S/C17H16BrN3O3/c1-2-16(23)20-14-6-3-11(4-7-14)17(24)21-19-10-12-9-13(18)5-8-15(12)22/h3-10,22H,2H2,1H3,(H,20,23)(H,21,24)/b19-10-. The van der Waals surface area contributed by atoms with Gasteiger partial charge in [-0.05, 0) is 42.5 Å². The minimum absolute atomic E-state index is 0.0622. The summed E-state index contributed by atoms with van der Waals surface area (Å²) < 4.78 is 0.790. The summed E-state index contributed by atoms with van der Waals surface area (Å²) in [6.07, 6.45) is 1.74. The van der Waals surface area contributed by atoms with E-state index in [0.717, 1.165) is 4.47 Å². The number of phenols is 1. The van der Waals surface area contributed by atoms with Crippen LogP contribution in [0.3, 0.4) is 0 Å². The molecule has 0 fully saturated rings. The van der Waals surface area contributed by atoms with Gasteiger partial charge in [-0.2, -0.15) is 5.10 Å². The molecule has 3 N–H and O–H groups in total. The number of hydrogen-bond donors (Lipinski definition) is 3. The lowest BCUT2D eigenvalue weighted by Gasteiger charge is -2.05. The highest BCUT2D eigenvalue weighted by molar-refractivity contribution is 9.10. The van der Waals surface area contributed by atoms with Crippen LogP contribution in [0.4, 0.5) is 5.69 Å². The van der Waals surface area contributed by atoms with E-state index in [-0.39, 0.29) is 11.7 Å². The number of phenolic OH excluding ortho intramolecular Hbond substituents is 1. The summed E-state index contributed by atoms with van der Waals surface area (Å²) in [7, 11) is 0. The second kappa shape index (κ2) is 8.26. The number of anilines is 1. The number of aromatic hydroxyl groups is 1. The zero-order valence-corrected chi connectivity index (χ0v) is 14.5. The van der Waals surface area contributed by atoms with E-state index < -0.39 is 5.91 Å². The Kier molecular flexibility index (Phi) is 6.08. The number of hydrazone groups is 1. The average molecular weight is 390 g/mol. The molecule has 0 aliphatic carbocycles. The minimum Gasteiger partial charge on any atom is -0.507 e. The largest absolute Gasteiger partial charge is 0.507 e. The van der Waals surface area contributed by atoms with Crippen molar-refractivity contribution in [3.05, 3.63) is 58.1 Å². The fourth-order valence-electron chi connectivity index (χ4n) is 1.81. The first-order valence-corrected chi connectivity index (χ1v) is 8.00. The molecule has 2 amide bonds. The van der Waals surface area contributed by atoms with Crippen LogP contribution in [0.15, 0.2) is 52.0 Å². The second-order valence-corrected chi connectivity index (χ2v) is 5.80. The van der Waals surface area contributed by atoms with E-state index in [9.17, 15) is 14.7 Å². The summed E-state index contributed by atoms with van der Waals surface area (Å²) in [6, 6.07) is 11.4. The van der Waals surface area contributed by atoms with Crippen molar-refractivity contribution < 1.29 is 14.7 Å². The van der Waals surface area contributed by atoms with Gasteiger partial charge in [-0.15, -0.1) is 0 Å². The van der Waals surface area contributed by atoms with E-state index in [1.165, 1.54) is 12.3 Å². The molecule has 2 aromatic rings. The van der Waals surface area contributed by atoms with Crippen LogP contribution in [0.1, 0.15) is 29.3 Å². The Morgan fingerprint density at radius 1 is 1.21 bits per heavy atom. The zero-order chi connectivity index (χ0) is 17.5. The SMILES string of the molecule is CCC(=O)Nc1ccc(C(=O)N/N=C\c2cc(Br)ccc2O)cc1. The van der Waals surface area contributed by atoms with Gasteiger partial charge in [0.2, 0.25) is 5.91 Å². The molecule has 0 atom stereocenters. The number of rotatable bonds is 5. The molecule has 6 nitrogen and oxygen atoms in total. The number of hydrogen-bond acceptors (Lipinski definition) is 4. The Balaban J connectivity index is 1.98. The summed E-state index contributed by atoms with van der Waals surface area (Å²) in [5, 5.41) is 16.2. The van der Waals surface area contributed by atoms with Crippen molar-refractivity contribution in [1.82, 2.24) is 5.43 Å². The van der Waals surface area contributed by atoms with Crippen molar-refractivity contribution in [1.29, 1.82) is 0 Å². The van der Waals surface area contributed by atoms with E-state index in [1.54, 1.807) is 43.3 Å². The summed E-state index contributed by atoms with van der Waals surface area (Å²) in [6.45, 7) is 1.76. The fourth-order valence-corrected chi connectivity index (χ4v) is 2.19. The van der Waals surface area contributed by atoms with Crippen molar-refractivity contribution in [3.63, 3.8) is 0 Å². The summed E-state index contributed by atoms with van der Waals surface area (Å²) in [4.78, 5) is 23.3. The van der Waals surface area contributed by atoms with Crippen molar-refractivity contribution in [3.8, 4) is 5.75 Å². The second-order valence-electron chi connectivity index (χ2n) is 4.88. The Hall–Kier alpha value is -2.67. The molecule has 2 aromatic carbocycles. The van der Waals surface area contributed by atoms with Gasteiger partial charge in [-0.25, -0.2) is 5.43 Å². The molecule has 0 spiro atoms. The van der Waals surface area contributed by atoms with Gasteiger partial charge in [0.25, 0.3) is 5.91 Å². The maximum absolute atomic E-state index is 12.0. The third-order valence-electron chi connectivity index (χ3n) is 3.11. The Bertz CT molecular complexity index is 773. The van der Waals surface area contributed by atoms with Crippen LogP contribution in [-0.2, 0) is 4.79 Å². The van der Waals surface area contributed by atoms with Crippen molar-refractivity contribution in [2.75, 3.05) is 5.32 Å². The van der Waals surface area contributed by atoms with Crippen LogP contribution in [0.25, 0.3) is 0 Å². The van der Waals surface area contributed by atoms with E-state index >= 15 is 0 Å². The lowest BCUT2D eigenvalue weighted by molar-refractivity contribution is -0.115. The third-order valence-corrected chi connectivity index (χ3v) is 3.60. The molecule has 7 heteroatoms. The number of halogens is 1. The normalized spacial score (nSPS) is 10.6. The molecule has 0 heterocycles. The van der Waals surface area contributed by atoms with Crippen LogP contribution >= 0.6 is 15.9 Å². The van der Waals surface area contributed by atoms with Gasteiger partial charge < -0.3 is 10.4 Å². The lowest BCUT2D eigenvalue weighted by atomic mass is 10.2. The molecule has 2 rings (SSSR count). The first-order chi connectivity index (χ1) is 11.5. The number of nitrogens with zero attached hydrogens (tertiary/aromatic N) is 1. The minimum atomic E-state index is -0.394. The van der Waals surface area contributed by atoms with Gasteiger partial charge in [0.05, 0.1) is 6.21 Å². The highest BCUT2D eigenvalue weighted by Crippen LogP contribution is 2.19. The zero-order valence-electron chi connectivity index (χ0n) is 12.9. The smallest absolute Gasteiger partial charge is 0.271 e. The number of carbonyl (C=O) groups is 2. The molecule has 124 valence electrons. The molecular weight excluding hydrogens is 374 g/mol. The Morgan fingerprint density at radius 2 is 1.92 bits per heavy atom. The summed E-state index contributed by atoms with van der Waals surface area (Å²) >= 11 is 3.29. The van der Waals surface area contributed by atoms with E-state index in [4.69, 9.17) is 0 Å². The molecule has 0 unspecified atom stereocenters. The number of benzene rings is 2. The molecule has 0 aromatic heterocycles. The Morgan fingerprint density at radius 3 is 2.58 bits per heavy atom. The maximum atomic E-state index is 12.0. The lowest BCUT2D eigenvalue weighted by Crippen LogP contribution is -2.17. The predicted octanol–water partition coefficient (Wildman–Crippen LogP) is 3.27. The van der Waals surface area contributed by atoms with Crippen molar-refractivity contribution in [2.24, 2.45) is 5.10 Å². The first kappa shape index (κ1) is 17.7. The highest BCUT2D eigenvalue weighted by atomic mass is 79.9. The fraction of sp³-hybridized carbons (Fsp3) is 0.118. The summed E-state index contributed by atoms with van der Waals surface area (Å²) in [5.74, 6) is -0.424. The van der Waals surface area contributed by atoms with Crippen LogP contribution in [0.2, 0.25) is 0 Å². The molecule has 0 saturated heterocycles. The maximum Gasteiger partial charge on any atom is 0.271 e. The van der Waals surface area contributed by atoms with Gasteiger partial charge >= 0.3 is 0 Å². The highest BCUT2D eigenvalue weighted by Gasteiger charge is 2.05. The summed E-state index contributed by atoms with van der Waals surface area (Å²) in [5.41, 5.74) is 3.89. The van der Waals surface area contributed by atoms with E-state index in [0.29, 0.717) is 23.2 Å². The number of carbonyl (C=O) groups excluding carboxylic acids is 2. The third kappa shape index (κ3) is 4.92. The van der Waals surface area contributed by atoms with Crippen LogP contribution in [0, 0.1) is 0 Å². The molecule has 0 saturated carbocycles. The topological polar surface area (TPSA) is 90.8 Å². The van der Waals surface area contributed by atoms with Gasteiger partial charge in [0.15, 0.2) is 0 Å². The number of amides is 2. The van der Waals surface area contributed by atoms with E-state index in [2.05, 4.69) is 31.8 Å². The van der Waals surface area contributed by atoms with Crippen molar-refractivity contribution >= 4 is 39.6 Å². The Labute approximate surface area is 147 Å². The van der Waals surface area contributed by atoms with Gasteiger partial charge in [-0.3, -0.25) is 9.59 Å². The van der Waals surface area contributed by atoms with E-state index in [1.807, 2.05) is 0 Å². The average Bonchev–Trinajstić information content (AvgIpc) is 2.58. The van der Waals surface area contributed by atoms with Gasteiger partial charge in [-0.1, -0.05) is 22.9 Å². The molecular formula is C17H16BrN3O3. The molecule has 24 heavy (non-hydrogen) atoms. The molecule has 0 radical (unpaired) electrons. The van der Waals surface area contributed by atoms with Crippen LogP contribution in [-0.4, -0.2) is 23.1 Å². The van der Waals surface area contributed by atoms with Gasteiger partial charge in [0.1, 0.15) is 5.75 Å². The molecule has 0 bridgehead atoms. The number of nitrogens with one attached hydrogen (secondary N) is 2. The van der Waals surface area contributed by atoms with Gasteiger partial charge in [0, 0.05) is 27.7 Å². The predicted molar refractivity (Wildman–Crippen MR) is 96.2 cm³/mol. The molecule has 0 aliphatic heterocycles. The first-order valence-electron chi connectivity index (χ1n) is 7.21. The monoisotopic (exact) mass is 389 g/mol. The van der Waals surface area contributed by atoms with Crippen molar-refractivity contribution in [2.45, 2.75) is 13.3 Å². The quantitative estimate of drug-likeness (QED) is 0.541.